The minimum atomic E-state index is -0.526. The Morgan fingerprint density at radius 1 is 1.16 bits per heavy atom. The van der Waals surface area contributed by atoms with Crippen molar-refractivity contribution in [2.75, 3.05) is 19.1 Å². The van der Waals surface area contributed by atoms with Crippen LogP contribution in [0.4, 0.5) is 0 Å². The summed E-state index contributed by atoms with van der Waals surface area (Å²) in [5.74, 6) is 0.0463. The smallest absolute Gasteiger partial charge is 0.338 e. The van der Waals surface area contributed by atoms with E-state index in [-0.39, 0.29) is 30.3 Å². The van der Waals surface area contributed by atoms with Gasteiger partial charge in [-0.05, 0) is 32.0 Å². The molecule has 0 fully saturated rings. The highest BCUT2D eigenvalue weighted by Crippen LogP contribution is 2.20. The Morgan fingerprint density at radius 3 is 2.47 bits per heavy atom. The summed E-state index contributed by atoms with van der Waals surface area (Å²) in [6.07, 6.45) is 0.182. The third kappa shape index (κ3) is 4.24. The lowest BCUT2D eigenvalue weighted by Gasteiger charge is -2.10. The molecule has 0 aliphatic carbocycles. The third-order valence-corrected chi connectivity index (χ3v) is 2.61. The Kier molecular flexibility index (Phi) is 6.36. The van der Waals surface area contributed by atoms with Gasteiger partial charge in [-0.1, -0.05) is 0 Å². The van der Waals surface area contributed by atoms with E-state index in [1.54, 1.807) is 19.1 Å². The Morgan fingerprint density at radius 2 is 1.89 bits per heavy atom. The highest BCUT2D eigenvalue weighted by atomic mass is 35.5. The maximum Gasteiger partial charge on any atom is 0.338 e. The van der Waals surface area contributed by atoms with E-state index in [1.165, 1.54) is 6.07 Å². The number of rotatable bonds is 7. The van der Waals surface area contributed by atoms with E-state index >= 15 is 0 Å². The molecule has 0 saturated heterocycles. The first kappa shape index (κ1) is 15.5. The molecule has 1 aromatic rings. The van der Waals surface area contributed by atoms with E-state index < -0.39 is 5.97 Å². The van der Waals surface area contributed by atoms with Crippen LogP contribution in [0.2, 0.25) is 0 Å². The van der Waals surface area contributed by atoms with Crippen LogP contribution in [0.5, 0.6) is 5.75 Å². The predicted octanol–water partition coefficient (Wildman–Crippen LogP) is 3.07. The van der Waals surface area contributed by atoms with Crippen LogP contribution < -0.4 is 4.74 Å². The zero-order valence-electron chi connectivity index (χ0n) is 11.1. The zero-order chi connectivity index (χ0) is 14.3. The van der Waals surface area contributed by atoms with Crippen molar-refractivity contribution >= 4 is 23.4 Å². The molecule has 4 nitrogen and oxygen atoms in total. The van der Waals surface area contributed by atoms with Gasteiger partial charge in [0.05, 0.1) is 18.8 Å². The van der Waals surface area contributed by atoms with Crippen molar-refractivity contribution in [2.24, 2.45) is 0 Å². The van der Waals surface area contributed by atoms with E-state index in [0.29, 0.717) is 17.9 Å². The fourth-order valence-electron chi connectivity index (χ4n) is 1.62. The molecule has 0 saturated carbocycles. The number of carbonyl (C=O) groups is 2. The molecule has 0 aliphatic heterocycles. The summed E-state index contributed by atoms with van der Waals surface area (Å²) >= 11 is 5.56. The summed E-state index contributed by atoms with van der Waals surface area (Å²) in [5, 5.41) is 0. The largest absolute Gasteiger partial charge is 0.494 e. The Labute approximate surface area is 117 Å². The molecule has 0 N–H and O–H groups in total. The minimum absolute atomic E-state index is 0.180. The van der Waals surface area contributed by atoms with Crippen molar-refractivity contribution in [1.29, 1.82) is 0 Å². The van der Waals surface area contributed by atoms with Gasteiger partial charge in [-0.3, -0.25) is 4.79 Å². The van der Waals surface area contributed by atoms with Crippen LogP contribution >= 0.6 is 11.6 Å². The first-order valence-corrected chi connectivity index (χ1v) is 6.70. The number of alkyl halides is 1. The molecule has 0 radical (unpaired) electrons. The molecule has 1 aromatic carbocycles. The summed E-state index contributed by atoms with van der Waals surface area (Å²) in [6, 6.07) is 4.77. The fraction of sp³-hybridized carbons (Fsp3) is 0.429. The highest BCUT2D eigenvalue weighted by molar-refractivity contribution is 6.20. The summed E-state index contributed by atoms with van der Waals surface area (Å²) in [4.78, 5) is 23.8. The van der Waals surface area contributed by atoms with Gasteiger partial charge in [-0.25, -0.2) is 4.79 Å². The van der Waals surface area contributed by atoms with Crippen molar-refractivity contribution in [3.05, 3.63) is 29.3 Å². The lowest BCUT2D eigenvalue weighted by Crippen LogP contribution is -2.12. The molecule has 0 spiro atoms. The predicted molar refractivity (Wildman–Crippen MR) is 73.2 cm³/mol. The minimum Gasteiger partial charge on any atom is -0.494 e. The van der Waals surface area contributed by atoms with Crippen LogP contribution in [0.1, 0.15) is 41.0 Å². The van der Waals surface area contributed by atoms with E-state index in [4.69, 9.17) is 21.1 Å². The number of ketones is 1. The average Bonchev–Trinajstić information content (AvgIpc) is 2.39. The van der Waals surface area contributed by atoms with Gasteiger partial charge in [0.15, 0.2) is 5.78 Å². The summed E-state index contributed by atoms with van der Waals surface area (Å²) in [7, 11) is 0. The molecular weight excluding hydrogens is 268 g/mol. The topological polar surface area (TPSA) is 52.6 Å². The Balaban J connectivity index is 3.14. The molecule has 1 rings (SSSR count). The number of carbonyl (C=O) groups excluding carboxylic acids is 2. The fourth-order valence-corrected chi connectivity index (χ4v) is 1.79. The summed E-state index contributed by atoms with van der Waals surface area (Å²) in [6.45, 7) is 4.29. The standard InChI is InChI=1S/C14H17ClO4/c1-3-18-10-5-6-11(13(16)7-8-15)12(9-10)14(17)19-4-2/h5-6,9H,3-4,7-8H2,1-2H3. The first-order valence-electron chi connectivity index (χ1n) is 6.17. The quantitative estimate of drug-likeness (QED) is 0.439. The van der Waals surface area contributed by atoms with Crippen LogP contribution in [0.15, 0.2) is 18.2 Å². The second-order valence-corrected chi connectivity index (χ2v) is 4.10. The van der Waals surface area contributed by atoms with E-state index in [2.05, 4.69) is 0 Å². The maximum atomic E-state index is 11.9. The number of Topliss-reactive ketones (excluding diaryl/α,β-unsaturated/α-hetero) is 1. The molecule has 0 aromatic heterocycles. The van der Waals surface area contributed by atoms with Crippen LogP contribution in [0.25, 0.3) is 0 Å². The molecule has 0 heterocycles. The van der Waals surface area contributed by atoms with Crippen molar-refractivity contribution in [3.8, 4) is 5.75 Å². The number of halogens is 1. The Bertz CT molecular complexity index is 457. The van der Waals surface area contributed by atoms with Crippen molar-refractivity contribution < 1.29 is 19.1 Å². The number of benzene rings is 1. The zero-order valence-corrected chi connectivity index (χ0v) is 11.8. The molecule has 0 amide bonds. The molecule has 0 bridgehead atoms. The second-order valence-electron chi connectivity index (χ2n) is 3.72. The molecule has 19 heavy (non-hydrogen) atoms. The molecule has 104 valence electrons. The first-order chi connectivity index (χ1) is 9.13. The van der Waals surface area contributed by atoms with Gasteiger partial charge in [0, 0.05) is 17.9 Å². The monoisotopic (exact) mass is 284 g/mol. The van der Waals surface area contributed by atoms with Gasteiger partial charge in [-0.2, -0.15) is 0 Å². The van der Waals surface area contributed by atoms with Gasteiger partial charge in [0.2, 0.25) is 0 Å². The molecule has 0 aliphatic rings. The van der Waals surface area contributed by atoms with Crippen molar-refractivity contribution in [2.45, 2.75) is 20.3 Å². The second kappa shape index (κ2) is 7.79. The van der Waals surface area contributed by atoms with Gasteiger partial charge < -0.3 is 9.47 Å². The Hall–Kier alpha value is -1.55. The van der Waals surface area contributed by atoms with E-state index in [9.17, 15) is 9.59 Å². The molecular formula is C14H17ClO4. The third-order valence-electron chi connectivity index (χ3n) is 2.42. The SMILES string of the molecule is CCOC(=O)c1cc(OCC)ccc1C(=O)CCCl. The number of hydrogen-bond acceptors (Lipinski definition) is 4. The lowest BCUT2D eigenvalue weighted by molar-refractivity contribution is 0.0522. The normalized spacial score (nSPS) is 10.1. The van der Waals surface area contributed by atoms with Crippen LogP contribution in [0, 0.1) is 0 Å². The van der Waals surface area contributed by atoms with E-state index in [1.807, 2.05) is 6.92 Å². The average molecular weight is 285 g/mol. The van der Waals surface area contributed by atoms with Gasteiger partial charge in [0.1, 0.15) is 5.75 Å². The maximum absolute atomic E-state index is 11.9. The van der Waals surface area contributed by atoms with Crippen LogP contribution in [0.3, 0.4) is 0 Å². The number of ether oxygens (including phenoxy) is 2. The van der Waals surface area contributed by atoms with Crippen LogP contribution in [-0.4, -0.2) is 30.8 Å². The number of hydrogen-bond donors (Lipinski definition) is 0. The summed E-state index contributed by atoms with van der Waals surface area (Å²) in [5.41, 5.74) is 0.547. The molecule has 0 unspecified atom stereocenters. The van der Waals surface area contributed by atoms with Gasteiger partial charge in [-0.15, -0.1) is 11.6 Å². The molecule has 5 heteroatoms. The van der Waals surface area contributed by atoms with Gasteiger partial charge >= 0.3 is 5.97 Å². The highest BCUT2D eigenvalue weighted by Gasteiger charge is 2.18. The summed E-state index contributed by atoms with van der Waals surface area (Å²) < 4.78 is 10.3. The number of esters is 1. The van der Waals surface area contributed by atoms with Crippen molar-refractivity contribution in [3.63, 3.8) is 0 Å². The van der Waals surface area contributed by atoms with Crippen LogP contribution in [-0.2, 0) is 4.74 Å². The molecule has 0 atom stereocenters. The van der Waals surface area contributed by atoms with E-state index in [0.717, 1.165) is 0 Å². The van der Waals surface area contributed by atoms with Crippen molar-refractivity contribution in [1.82, 2.24) is 0 Å². The van der Waals surface area contributed by atoms with Gasteiger partial charge in [0.25, 0.3) is 0 Å². The lowest BCUT2D eigenvalue weighted by atomic mass is 10.0.